The van der Waals surface area contributed by atoms with Gasteiger partial charge in [-0.3, -0.25) is 19.6 Å². The lowest BCUT2D eigenvalue weighted by atomic mass is 9.94. The van der Waals surface area contributed by atoms with Crippen LogP contribution in [0.5, 0.6) is 11.5 Å². The minimum absolute atomic E-state index is 0.114. The van der Waals surface area contributed by atoms with E-state index >= 15 is 0 Å². The molecule has 0 aromatic heterocycles. The zero-order valence-electron chi connectivity index (χ0n) is 16.7. The predicted molar refractivity (Wildman–Crippen MR) is 104 cm³/mol. The molecule has 3 amide bonds. The molecule has 0 bridgehead atoms. The first-order chi connectivity index (χ1) is 14.5. The lowest BCUT2D eigenvalue weighted by molar-refractivity contribution is -0.148. The molecule has 3 atom stereocenters. The van der Waals surface area contributed by atoms with Gasteiger partial charge in [0.25, 0.3) is 5.91 Å². The van der Waals surface area contributed by atoms with E-state index in [2.05, 4.69) is 5.32 Å². The van der Waals surface area contributed by atoms with E-state index in [1.54, 1.807) is 18.2 Å². The van der Waals surface area contributed by atoms with Crippen LogP contribution in [-0.4, -0.2) is 53.4 Å². The molecule has 1 unspecified atom stereocenters. The quantitative estimate of drug-likeness (QED) is 0.435. The van der Waals surface area contributed by atoms with Gasteiger partial charge in [0.1, 0.15) is 6.04 Å². The Balaban J connectivity index is 1.71. The number of carbonyl (C=O) groups is 3. The van der Waals surface area contributed by atoms with Crippen molar-refractivity contribution in [1.82, 2.24) is 10.4 Å². The smallest absolute Gasteiger partial charge is 0.278 e. The average molecular weight is 423 g/mol. The molecular formula is C20H26FN3O6. The summed E-state index contributed by atoms with van der Waals surface area (Å²) >= 11 is 0. The standard InChI is InChI=1S/C20H26FN3O6/c1-2-3-5-13(17(21)19(26)23-28)20(27)24-9-4-6-14(24)18(25)22-12-7-8-15-16(10-12)30-11-29-15/h7-8,10,13-14,17,28H,2-6,9,11H2,1H3,(H,22,25)(H,23,26)/t13-,14?,17+/m1/s1. The summed E-state index contributed by atoms with van der Waals surface area (Å²) in [6, 6.07) is 4.21. The molecule has 30 heavy (non-hydrogen) atoms. The maximum Gasteiger partial charge on any atom is 0.278 e. The number of anilines is 1. The van der Waals surface area contributed by atoms with Gasteiger partial charge in [-0.1, -0.05) is 19.8 Å². The number of fused-ring (bicyclic) bond motifs is 1. The molecule has 1 aromatic rings. The van der Waals surface area contributed by atoms with Crippen LogP contribution >= 0.6 is 0 Å². The number of carbonyl (C=O) groups excluding carboxylic acids is 3. The van der Waals surface area contributed by atoms with Crippen molar-refractivity contribution in [3.63, 3.8) is 0 Å². The van der Waals surface area contributed by atoms with E-state index in [1.807, 2.05) is 6.92 Å². The van der Waals surface area contributed by atoms with Crippen LogP contribution in [-0.2, 0) is 14.4 Å². The van der Waals surface area contributed by atoms with Crippen molar-refractivity contribution >= 4 is 23.4 Å². The van der Waals surface area contributed by atoms with Crippen molar-refractivity contribution in [2.45, 2.75) is 51.2 Å². The monoisotopic (exact) mass is 423 g/mol. The number of halogens is 1. The first-order valence-electron chi connectivity index (χ1n) is 10.0. The van der Waals surface area contributed by atoms with Crippen molar-refractivity contribution in [3.05, 3.63) is 18.2 Å². The van der Waals surface area contributed by atoms with Crippen LogP contribution in [0.1, 0.15) is 39.0 Å². The topological polar surface area (TPSA) is 117 Å². The Labute approximate surface area is 173 Å². The van der Waals surface area contributed by atoms with Crippen molar-refractivity contribution in [2.75, 3.05) is 18.7 Å². The molecule has 3 N–H and O–H groups in total. The Morgan fingerprint density at radius 1 is 1.30 bits per heavy atom. The van der Waals surface area contributed by atoms with Gasteiger partial charge in [0.05, 0.1) is 5.92 Å². The summed E-state index contributed by atoms with van der Waals surface area (Å²) < 4.78 is 25.1. The summed E-state index contributed by atoms with van der Waals surface area (Å²) in [4.78, 5) is 38.8. The second kappa shape index (κ2) is 9.75. The summed E-state index contributed by atoms with van der Waals surface area (Å²) in [5, 5.41) is 11.5. The number of likely N-dealkylation sites (tertiary alicyclic amines) is 1. The molecule has 2 aliphatic heterocycles. The highest BCUT2D eigenvalue weighted by Crippen LogP contribution is 2.34. The second-order valence-electron chi connectivity index (χ2n) is 7.37. The SMILES string of the molecule is CCCC[C@@H](C(=O)N1CCCC1C(=O)Nc1ccc2c(c1)OCO2)[C@H](F)C(=O)NO. The average Bonchev–Trinajstić information content (AvgIpc) is 3.42. The van der Waals surface area contributed by atoms with Gasteiger partial charge in [0, 0.05) is 18.3 Å². The molecule has 10 heteroatoms. The van der Waals surface area contributed by atoms with Gasteiger partial charge in [-0.2, -0.15) is 0 Å². The molecule has 1 fully saturated rings. The summed E-state index contributed by atoms with van der Waals surface area (Å²) in [6.07, 6.45) is 0.243. The molecule has 9 nitrogen and oxygen atoms in total. The van der Waals surface area contributed by atoms with E-state index in [1.165, 1.54) is 10.4 Å². The Bertz CT molecular complexity index is 805. The van der Waals surface area contributed by atoms with Gasteiger partial charge in [0.15, 0.2) is 17.7 Å². The number of hydrogen-bond donors (Lipinski definition) is 3. The molecule has 1 aromatic carbocycles. The summed E-state index contributed by atoms with van der Waals surface area (Å²) in [7, 11) is 0. The lowest BCUT2D eigenvalue weighted by Gasteiger charge is -2.29. The van der Waals surface area contributed by atoms with Gasteiger partial charge in [0.2, 0.25) is 18.6 Å². The molecule has 164 valence electrons. The summed E-state index contributed by atoms with van der Waals surface area (Å²) in [5.41, 5.74) is 1.76. The third-order valence-corrected chi connectivity index (χ3v) is 5.38. The van der Waals surface area contributed by atoms with Crippen LogP contribution in [0, 0.1) is 5.92 Å². The number of alkyl halides is 1. The number of hydroxylamine groups is 1. The van der Waals surface area contributed by atoms with Gasteiger partial charge in [-0.05, 0) is 31.4 Å². The molecule has 2 aliphatic rings. The maximum atomic E-state index is 14.5. The fourth-order valence-corrected chi connectivity index (χ4v) is 3.78. The Morgan fingerprint density at radius 2 is 2.07 bits per heavy atom. The minimum Gasteiger partial charge on any atom is -0.454 e. The van der Waals surface area contributed by atoms with Gasteiger partial charge < -0.3 is 19.7 Å². The molecular weight excluding hydrogens is 397 g/mol. The molecule has 0 aliphatic carbocycles. The van der Waals surface area contributed by atoms with Gasteiger partial charge in [-0.15, -0.1) is 0 Å². The predicted octanol–water partition coefficient (Wildman–Crippen LogP) is 1.99. The van der Waals surface area contributed by atoms with Crippen LogP contribution in [0.2, 0.25) is 0 Å². The number of hydrogen-bond acceptors (Lipinski definition) is 6. The number of unbranched alkanes of at least 4 members (excludes halogenated alkanes) is 1. The number of benzene rings is 1. The van der Waals surface area contributed by atoms with E-state index in [-0.39, 0.29) is 13.2 Å². The van der Waals surface area contributed by atoms with E-state index in [0.717, 1.165) is 0 Å². The third-order valence-electron chi connectivity index (χ3n) is 5.38. The van der Waals surface area contributed by atoms with Crippen LogP contribution in [0.3, 0.4) is 0 Å². The van der Waals surface area contributed by atoms with Crippen molar-refractivity contribution in [1.29, 1.82) is 0 Å². The Kier molecular flexibility index (Phi) is 7.09. The van der Waals surface area contributed by atoms with E-state index in [0.29, 0.717) is 49.4 Å². The van der Waals surface area contributed by atoms with Crippen molar-refractivity contribution in [2.24, 2.45) is 5.92 Å². The van der Waals surface area contributed by atoms with Crippen LogP contribution in [0.4, 0.5) is 10.1 Å². The summed E-state index contributed by atoms with van der Waals surface area (Å²) in [5.74, 6) is -2.40. The molecule has 0 spiro atoms. The zero-order valence-corrected chi connectivity index (χ0v) is 16.7. The highest BCUT2D eigenvalue weighted by molar-refractivity contribution is 5.98. The van der Waals surface area contributed by atoms with Gasteiger partial charge >= 0.3 is 0 Å². The summed E-state index contributed by atoms with van der Waals surface area (Å²) in [6.45, 7) is 2.30. The number of nitrogens with zero attached hydrogens (tertiary/aromatic N) is 1. The fourth-order valence-electron chi connectivity index (χ4n) is 3.78. The van der Waals surface area contributed by atoms with Crippen LogP contribution in [0.15, 0.2) is 18.2 Å². The Morgan fingerprint density at radius 3 is 2.80 bits per heavy atom. The molecule has 0 saturated carbocycles. The van der Waals surface area contributed by atoms with E-state index in [9.17, 15) is 18.8 Å². The van der Waals surface area contributed by atoms with Crippen molar-refractivity contribution < 1.29 is 33.5 Å². The van der Waals surface area contributed by atoms with Crippen LogP contribution < -0.4 is 20.3 Å². The highest BCUT2D eigenvalue weighted by atomic mass is 19.1. The third kappa shape index (κ3) is 4.64. The van der Waals surface area contributed by atoms with E-state index in [4.69, 9.17) is 14.7 Å². The number of amides is 3. The van der Waals surface area contributed by atoms with Crippen molar-refractivity contribution in [3.8, 4) is 11.5 Å². The molecule has 0 radical (unpaired) electrons. The maximum absolute atomic E-state index is 14.5. The first-order valence-corrected chi connectivity index (χ1v) is 10.0. The first kappa shape index (κ1) is 21.8. The largest absolute Gasteiger partial charge is 0.454 e. The number of rotatable bonds is 8. The normalized spacial score (nSPS) is 19.3. The zero-order chi connectivity index (χ0) is 21.7. The van der Waals surface area contributed by atoms with Gasteiger partial charge in [-0.25, -0.2) is 9.87 Å². The Hall–Kier alpha value is -2.88. The van der Waals surface area contributed by atoms with E-state index < -0.39 is 35.9 Å². The number of nitrogens with one attached hydrogen (secondary N) is 2. The second-order valence-corrected chi connectivity index (χ2v) is 7.37. The number of ether oxygens (including phenoxy) is 2. The minimum atomic E-state index is -2.19. The molecule has 1 saturated heterocycles. The van der Waals surface area contributed by atoms with Crippen LogP contribution in [0.25, 0.3) is 0 Å². The highest BCUT2D eigenvalue weighted by Gasteiger charge is 2.41. The lowest BCUT2D eigenvalue weighted by Crippen LogP contribution is -2.49. The molecule has 3 rings (SSSR count). The molecule has 2 heterocycles. The fraction of sp³-hybridized carbons (Fsp3) is 0.550.